The maximum Gasteiger partial charge on any atom is 0.305 e. The zero-order valence-corrected chi connectivity index (χ0v) is 21.3. The van der Waals surface area contributed by atoms with E-state index in [1.807, 2.05) is 61.5 Å². The van der Waals surface area contributed by atoms with Crippen molar-refractivity contribution in [2.24, 2.45) is 5.92 Å². The van der Waals surface area contributed by atoms with Crippen LogP contribution in [0.25, 0.3) is 16.8 Å². The van der Waals surface area contributed by atoms with Gasteiger partial charge in [-0.15, -0.1) is 0 Å². The van der Waals surface area contributed by atoms with E-state index < -0.39 is 36.5 Å². The number of hydrogen-bond acceptors (Lipinski definition) is 4. The Morgan fingerprint density at radius 1 is 0.972 bits per heavy atom. The molecule has 0 saturated heterocycles. The van der Waals surface area contributed by atoms with Crippen molar-refractivity contribution in [3.05, 3.63) is 87.9 Å². The number of aliphatic hydroxyl groups is 2. The molecule has 190 valence electrons. The molecule has 0 heterocycles. The molecule has 0 unspecified atom stereocenters. The lowest BCUT2D eigenvalue weighted by Gasteiger charge is -2.24. The Bertz CT molecular complexity index is 1250. The number of rotatable bonds is 11. The van der Waals surface area contributed by atoms with Gasteiger partial charge in [0, 0.05) is 18.4 Å². The Morgan fingerprint density at radius 3 is 2.39 bits per heavy atom. The molecule has 4 N–H and O–H groups in total. The molecule has 6 nitrogen and oxygen atoms in total. The van der Waals surface area contributed by atoms with Crippen LogP contribution in [0.1, 0.15) is 30.9 Å². The third-order valence-electron chi connectivity index (χ3n) is 5.99. The van der Waals surface area contributed by atoms with Crippen molar-refractivity contribution in [3.8, 4) is 0 Å². The molecule has 3 aromatic rings. The second-order valence-electron chi connectivity index (χ2n) is 8.88. The Morgan fingerprint density at radius 2 is 1.69 bits per heavy atom. The average molecular weight is 530 g/mol. The van der Waals surface area contributed by atoms with Gasteiger partial charge in [0.15, 0.2) is 0 Å². The fraction of sp³-hybridized carbons (Fsp3) is 0.286. The minimum absolute atomic E-state index is 0.172. The second-order valence-corrected chi connectivity index (χ2v) is 9.70. The SMILES string of the molecule is C[C@H](NC(=O)[C@@H](O)C[C@@H](O)CC(=O)O)[C@H](/C=C/c1ccc2ccccc2c1)Cc1ccc(Cl)c(Cl)c1. The molecule has 0 bridgehead atoms. The molecule has 8 heteroatoms. The van der Waals surface area contributed by atoms with Crippen LogP contribution in [0.4, 0.5) is 0 Å². The molecule has 0 aliphatic rings. The standard InChI is InChI=1S/C28H29Cl2NO5/c1-17(31-28(36)26(33)15-23(32)16-27(34)35)21(13-19-8-11-24(29)25(30)14-19)10-7-18-6-9-20-4-2-3-5-22(20)12-18/h2-12,14,17,21,23,26,32-33H,13,15-16H2,1H3,(H,31,36)(H,34,35)/b10-7+/t17-,21+,23+,26-/m0/s1. The summed E-state index contributed by atoms with van der Waals surface area (Å²) < 4.78 is 0. The Hall–Kier alpha value is -2.90. The van der Waals surface area contributed by atoms with Crippen LogP contribution in [0.5, 0.6) is 0 Å². The first-order chi connectivity index (χ1) is 17.1. The van der Waals surface area contributed by atoms with Crippen molar-refractivity contribution in [2.75, 3.05) is 0 Å². The number of fused-ring (bicyclic) bond motifs is 1. The fourth-order valence-corrected chi connectivity index (χ4v) is 4.29. The van der Waals surface area contributed by atoms with Crippen molar-refractivity contribution < 1.29 is 24.9 Å². The monoisotopic (exact) mass is 529 g/mol. The molecule has 0 spiro atoms. The number of aliphatic carboxylic acids is 1. The maximum absolute atomic E-state index is 12.6. The van der Waals surface area contributed by atoms with Gasteiger partial charge in [0.2, 0.25) is 5.91 Å². The Balaban J connectivity index is 1.77. The summed E-state index contributed by atoms with van der Waals surface area (Å²) in [6.07, 6.45) is 0.771. The molecule has 1 amide bonds. The normalized spacial score (nSPS) is 14.9. The van der Waals surface area contributed by atoms with Crippen molar-refractivity contribution in [1.29, 1.82) is 0 Å². The molecule has 4 atom stereocenters. The van der Waals surface area contributed by atoms with Gasteiger partial charge in [0.25, 0.3) is 0 Å². The van der Waals surface area contributed by atoms with E-state index in [0.29, 0.717) is 16.5 Å². The Kier molecular flexibility index (Phi) is 9.90. The number of hydrogen-bond donors (Lipinski definition) is 4. The van der Waals surface area contributed by atoms with Gasteiger partial charge in [-0.25, -0.2) is 0 Å². The minimum Gasteiger partial charge on any atom is -0.481 e. The van der Waals surface area contributed by atoms with Crippen LogP contribution < -0.4 is 5.32 Å². The predicted molar refractivity (Wildman–Crippen MR) is 143 cm³/mol. The third-order valence-corrected chi connectivity index (χ3v) is 6.72. The number of halogens is 2. The molecule has 0 radical (unpaired) electrons. The van der Waals surface area contributed by atoms with E-state index in [1.165, 1.54) is 0 Å². The summed E-state index contributed by atoms with van der Waals surface area (Å²) in [7, 11) is 0. The van der Waals surface area contributed by atoms with Crippen LogP contribution in [-0.2, 0) is 16.0 Å². The van der Waals surface area contributed by atoms with Crippen LogP contribution in [0.15, 0.2) is 66.7 Å². The third kappa shape index (κ3) is 8.07. The number of carbonyl (C=O) groups is 2. The van der Waals surface area contributed by atoms with Crippen LogP contribution in [0.3, 0.4) is 0 Å². The zero-order chi connectivity index (χ0) is 26.2. The van der Waals surface area contributed by atoms with Crippen molar-refractivity contribution in [2.45, 2.75) is 44.4 Å². The number of benzene rings is 3. The molecule has 0 aliphatic heterocycles. The molecule has 0 aliphatic carbocycles. The summed E-state index contributed by atoms with van der Waals surface area (Å²) in [6.45, 7) is 1.82. The van der Waals surface area contributed by atoms with E-state index in [-0.39, 0.29) is 12.3 Å². The second kappa shape index (κ2) is 12.9. The van der Waals surface area contributed by atoms with Crippen LogP contribution in [0, 0.1) is 5.92 Å². The van der Waals surface area contributed by atoms with E-state index in [9.17, 15) is 19.8 Å². The van der Waals surface area contributed by atoms with Gasteiger partial charge in [-0.1, -0.05) is 77.8 Å². The van der Waals surface area contributed by atoms with Crippen LogP contribution in [-0.4, -0.2) is 45.4 Å². The van der Waals surface area contributed by atoms with Crippen LogP contribution >= 0.6 is 23.2 Å². The molecule has 0 saturated carbocycles. The molecule has 36 heavy (non-hydrogen) atoms. The number of carboxylic acids is 1. The van der Waals surface area contributed by atoms with E-state index in [4.69, 9.17) is 28.3 Å². The van der Waals surface area contributed by atoms with E-state index in [0.717, 1.165) is 21.9 Å². The predicted octanol–water partition coefficient (Wildman–Crippen LogP) is 5.11. The van der Waals surface area contributed by atoms with E-state index >= 15 is 0 Å². The number of nitrogens with one attached hydrogen (secondary N) is 1. The summed E-state index contributed by atoms with van der Waals surface area (Å²) in [5.41, 5.74) is 1.93. The number of carbonyl (C=O) groups excluding carboxylic acids is 1. The van der Waals surface area contributed by atoms with Gasteiger partial charge in [-0.2, -0.15) is 0 Å². The minimum atomic E-state index is -1.53. The summed E-state index contributed by atoms with van der Waals surface area (Å²) in [4.78, 5) is 23.3. The molecule has 0 fully saturated rings. The van der Waals surface area contributed by atoms with E-state index in [2.05, 4.69) is 11.4 Å². The van der Waals surface area contributed by atoms with Gasteiger partial charge >= 0.3 is 5.97 Å². The smallest absolute Gasteiger partial charge is 0.305 e. The van der Waals surface area contributed by atoms with Gasteiger partial charge < -0.3 is 20.6 Å². The number of carboxylic acid groups (broad SMARTS) is 1. The van der Waals surface area contributed by atoms with Crippen molar-refractivity contribution in [1.82, 2.24) is 5.32 Å². The van der Waals surface area contributed by atoms with Gasteiger partial charge in [-0.05, 0) is 53.4 Å². The molecule has 3 rings (SSSR count). The van der Waals surface area contributed by atoms with Crippen LogP contribution in [0.2, 0.25) is 10.0 Å². The number of amides is 1. The first kappa shape index (κ1) is 27.7. The maximum atomic E-state index is 12.6. The molecule has 3 aromatic carbocycles. The van der Waals surface area contributed by atoms with E-state index in [1.54, 1.807) is 12.1 Å². The lowest BCUT2D eigenvalue weighted by Crippen LogP contribution is -2.44. The van der Waals surface area contributed by atoms with Crippen molar-refractivity contribution >= 4 is 51.9 Å². The van der Waals surface area contributed by atoms with Gasteiger partial charge in [0.1, 0.15) is 6.10 Å². The largest absolute Gasteiger partial charge is 0.481 e. The highest BCUT2D eigenvalue weighted by atomic mass is 35.5. The highest BCUT2D eigenvalue weighted by Crippen LogP contribution is 2.26. The molecule has 0 aromatic heterocycles. The quantitative estimate of drug-likeness (QED) is 0.276. The summed E-state index contributed by atoms with van der Waals surface area (Å²) >= 11 is 12.3. The lowest BCUT2D eigenvalue weighted by molar-refractivity contribution is -0.141. The Labute approximate surface area is 220 Å². The fourth-order valence-electron chi connectivity index (χ4n) is 3.97. The lowest BCUT2D eigenvalue weighted by atomic mass is 9.91. The van der Waals surface area contributed by atoms with Gasteiger partial charge in [-0.3, -0.25) is 9.59 Å². The average Bonchev–Trinajstić information content (AvgIpc) is 2.83. The van der Waals surface area contributed by atoms with Crippen molar-refractivity contribution in [3.63, 3.8) is 0 Å². The summed E-state index contributed by atoms with van der Waals surface area (Å²) in [6, 6.07) is 19.2. The van der Waals surface area contributed by atoms with Gasteiger partial charge in [0.05, 0.1) is 22.6 Å². The first-order valence-electron chi connectivity index (χ1n) is 11.6. The molecular formula is C28H29Cl2NO5. The summed E-state index contributed by atoms with van der Waals surface area (Å²) in [5, 5.41) is 34.6. The highest BCUT2D eigenvalue weighted by molar-refractivity contribution is 6.42. The number of aliphatic hydroxyl groups excluding tert-OH is 2. The zero-order valence-electron chi connectivity index (χ0n) is 19.8. The highest BCUT2D eigenvalue weighted by Gasteiger charge is 2.25. The first-order valence-corrected chi connectivity index (χ1v) is 12.4. The summed E-state index contributed by atoms with van der Waals surface area (Å²) in [5.74, 6) is -2.05. The molecular weight excluding hydrogens is 501 g/mol. The topological polar surface area (TPSA) is 107 Å².